The number of nitrogens with one attached hydrogen (secondary N) is 1. The van der Waals surface area contributed by atoms with Crippen LogP contribution in [0.15, 0.2) is 34.8 Å². The molecule has 1 amide bonds. The van der Waals surface area contributed by atoms with Gasteiger partial charge in [0.2, 0.25) is 0 Å². The third kappa shape index (κ3) is 3.44. The predicted octanol–water partition coefficient (Wildman–Crippen LogP) is 4.11. The van der Waals surface area contributed by atoms with Gasteiger partial charge in [-0.2, -0.15) is 5.10 Å². The topological polar surface area (TPSA) is 78.5 Å². The number of aromatic hydroxyl groups is 1. The molecule has 2 aromatic carbocycles. The lowest BCUT2D eigenvalue weighted by atomic mass is 10.1. The van der Waals surface area contributed by atoms with E-state index in [-0.39, 0.29) is 23.3 Å². The van der Waals surface area contributed by atoms with Gasteiger partial charge in [-0.3, -0.25) is 9.89 Å². The lowest BCUT2D eigenvalue weighted by Gasteiger charge is -2.16. The SMILES string of the molecule is CC(C)OCc1[nH]nc2cc(O)c(C(=O)N3Cc4ccc(Br)cc4C3)cc12. The molecule has 0 spiro atoms. The predicted molar refractivity (Wildman–Crippen MR) is 105 cm³/mol. The van der Waals surface area contributed by atoms with Crippen LogP contribution in [-0.4, -0.2) is 32.2 Å². The van der Waals surface area contributed by atoms with Gasteiger partial charge >= 0.3 is 0 Å². The van der Waals surface area contributed by atoms with Crippen molar-refractivity contribution in [2.75, 3.05) is 0 Å². The van der Waals surface area contributed by atoms with Crippen LogP contribution in [-0.2, 0) is 24.4 Å². The van der Waals surface area contributed by atoms with Crippen LogP contribution in [0, 0.1) is 0 Å². The Hall–Kier alpha value is -2.38. The maximum atomic E-state index is 13.1. The minimum Gasteiger partial charge on any atom is -0.507 e. The van der Waals surface area contributed by atoms with Crippen molar-refractivity contribution >= 4 is 32.7 Å². The molecule has 2 heterocycles. The molecule has 2 N–H and O–H groups in total. The van der Waals surface area contributed by atoms with E-state index in [0.717, 1.165) is 26.7 Å². The minimum atomic E-state index is -0.196. The second-order valence-corrected chi connectivity index (χ2v) is 7.94. The fourth-order valence-corrected chi connectivity index (χ4v) is 3.72. The number of aromatic nitrogens is 2. The zero-order valence-electron chi connectivity index (χ0n) is 15.1. The van der Waals surface area contributed by atoms with Gasteiger partial charge < -0.3 is 14.7 Å². The van der Waals surface area contributed by atoms with Crippen molar-refractivity contribution in [3.05, 3.63) is 57.2 Å². The first-order valence-electron chi connectivity index (χ1n) is 8.80. The molecule has 27 heavy (non-hydrogen) atoms. The third-order valence-electron chi connectivity index (χ3n) is 4.72. The number of rotatable bonds is 4. The van der Waals surface area contributed by atoms with Crippen molar-refractivity contribution in [3.63, 3.8) is 0 Å². The fraction of sp³-hybridized carbons (Fsp3) is 0.300. The van der Waals surface area contributed by atoms with Gasteiger partial charge in [0.15, 0.2) is 0 Å². The molecule has 0 bridgehead atoms. The molecule has 7 heteroatoms. The Morgan fingerprint density at radius 1 is 1.30 bits per heavy atom. The minimum absolute atomic E-state index is 0.0625. The standard InChI is InChI=1S/C20H20BrN3O3/c1-11(2)27-10-18-15-6-16(19(25)7-17(15)22-23-18)20(26)24-8-12-3-4-14(21)5-13(12)9-24/h3-7,11,25H,8-10H2,1-2H3,(H,22,23). The first kappa shape index (κ1) is 18.0. The first-order valence-corrected chi connectivity index (χ1v) is 9.60. The molecule has 1 aliphatic heterocycles. The Morgan fingerprint density at radius 3 is 2.85 bits per heavy atom. The Kier molecular flexibility index (Phi) is 4.65. The molecule has 0 unspecified atom stereocenters. The van der Waals surface area contributed by atoms with Crippen molar-refractivity contribution in [1.29, 1.82) is 0 Å². The third-order valence-corrected chi connectivity index (χ3v) is 5.21. The number of aromatic amines is 1. The summed E-state index contributed by atoms with van der Waals surface area (Å²) in [4.78, 5) is 14.8. The number of fused-ring (bicyclic) bond motifs is 2. The molecule has 6 nitrogen and oxygen atoms in total. The first-order chi connectivity index (χ1) is 12.9. The lowest BCUT2D eigenvalue weighted by molar-refractivity contribution is 0.0642. The highest BCUT2D eigenvalue weighted by Gasteiger charge is 2.27. The highest BCUT2D eigenvalue weighted by Crippen LogP contribution is 2.31. The number of carbonyl (C=O) groups is 1. The molecule has 1 aliphatic rings. The molecule has 0 saturated carbocycles. The van der Waals surface area contributed by atoms with Crippen molar-refractivity contribution < 1.29 is 14.6 Å². The maximum Gasteiger partial charge on any atom is 0.258 e. The molecule has 4 rings (SSSR count). The lowest BCUT2D eigenvalue weighted by Crippen LogP contribution is -2.25. The van der Waals surface area contributed by atoms with E-state index in [1.807, 2.05) is 32.0 Å². The zero-order chi connectivity index (χ0) is 19.1. The Morgan fingerprint density at radius 2 is 2.07 bits per heavy atom. The van der Waals surface area contributed by atoms with E-state index in [1.54, 1.807) is 11.0 Å². The summed E-state index contributed by atoms with van der Waals surface area (Å²) in [6, 6.07) is 9.26. The van der Waals surface area contributed by atoms with E-state index in [2.05, 4.69) is 26.1 Å². The number of ether oxygens (including phenoxy) is 1. The van der Waals surface area contributed by atoms with Gasteiger partial charge in [0.25, 0.3) is 5.91 Å². The van der Waals surface area contributed by atoms with Crippen LogP contribution in [0.3, 0.4) is 0 Å². The van der Waals surface area contributed by atoms with E-state index in [9.17, 15) is 9.90 Å². The molecule has 0 atom stereocenters. The van der Waals surface area contributed by atoms with Crippen molar-refractivity contribution in [1.82, 2.24) is 15.1 Å². The van der Waals surface area contributed by atoms with E-state index >= 15 is 0 Å². The highest BCUT2D eigenvalue weighted by molar-refractivity contribution is 9.10. The van der Waals surface area contributed by atoms with Gasteiger partial charge in [0.1, 0.15) is 5.75 Å². The molecule has 1 aromatic heterocycles. The maximum absolute atomic E-state index is 13.1. The summed E-state index contributed by atoms with van der Waals surface area (Å²) in [7, 11) is 0. The number of halogens is 1. The summed E-state index contributed by atoms with van der Waals surface area (Å²) < 4.78 is 6.64. The Bertz CT molecular complexity index is 1030. The van der Waals surface area contributed by atoms with E-state index in [0.29, 0.717) is 25.2 Å². The van der Waals surface area contributed by atoms with Gasteiger partial charge in [-0.15, -0.1) is 0 Å². The van der Waals surface area contributed by atoms with Crippen LogP contribution in [0.25, 0.3) is 10.9 Å². The number of hydrogen-bond donors (Lipinski definition) is 2. The monoisotopic (exact) mass is 429 g/mol. The smallest absolute Gasteiger partial charge is 0.258 e. The number of nitrogens with zero attached hydrogens (tertiary/aromatic N) is 2. The Balaban J connectivity index is 1.64. The van der Waals surface area contributed by atoms with Gasteiger partial charge in [0.05, 0.1) is 29.5 Å². The summed E-state index contributed by atoms with van der Waals surface area (Å²) in [6.45, 7) is 5.36. The second kappa shape index (κ2) is 6.98. The summed E-state index contributed by atoms with van der Waals surface area (Å²) in [6.07, 6.45) is 0.0870. The number of hydrogen-bond acceptors (Lipinski definition) is 4. The van der Waals surface area contributed by atoms with E-state index in [4.69, 9.17) is 4.74 Å². The molecule has 140 valence electrons. The highest BCUT2D eigenvalue weighted by atomic mass is 79.9. The van der Waals surface area contributed by atoms with Crippen LogP contribution in [0.2, 0.25) is 0 Å². The molecular weight excluding hydrogens is 410 g/mol. The quantitative estimate of drug-likeness (QED) is 0.653. The van der Waals surface area contributed by atoms with E-state index in [1.165, 1.54) is 6.07 Å². The molecular formula is C20H20BrN3O3. The van der Waals surface area contributed by atoms with Crippen molar-refractivity contribution in [3.8, 4) is 5.75 Å². The molecule has 0 radical (unpaired) electrons. The van der Waals surface area contributed by atoms with Crippen molar-refractivity contribution in [2.24, 2.45) is 0 Å². The van der Waals surface area contributed by atoms with Crippen LogP contribution in [0.1, 0.15) is 41.0 Å². The largest absolute Gasteiger partial charge is 0.507 e. The van der Waals surface area contributed by atoms with Gasteiger partial charge in [0, 0.05) is 29.0 Å². The molecule has 3 aromatic rings. The summed E-state index contributed by atoms with van der Waals surface area (Å²) >= 11 is 3.47. The van der Waals surface area contributed by atoms with Gasteiger partial charge in [-0.1, -0.05) is 22.0 Å². The van der Waals surface area contributed by atoms with Crippen LogP contribution < -0.4 is 0 Å². The summed E-state index contributed by atoms with van der Waals surface area (Å²) in [5.41, 5.74) is 3.93. The second-order valence-electron chi connectivity index (χ2n) is 7.02. The number of amides is 1. The average molecular weight is 430 g/mol. The van der Waals surface area contributed by atoms with Crippen LogP contribution in [0.5, 0.6) is 5.75 Å². The van der Waals surface area contributed by atoms with Gasteiger partial charge in [-0.25, -0.2) is 0 Å². The average Bonchev–Trinajstić information content (AvgIpc) is 3.21. The van der Waals surface area contributed by atoms with Crippen molar-refractivity contribution in [2.45, 2.75) is 39.6 Å². The fourth-order valence-electron chi connectivity index (χ4n) is 3.31. The zero-order valence-corrected chi connectivity index (χ0v) is 16.7. The molecule has 0 fully saturated rings. The molecule has 0 saturated heterocycles. The molecule has 0 aliphatic carbocycles. The number of phenols is 1. The summed E-state index contributed by atoms with van der Waals surface area (Å²) in [5.74, 6) is -0.258. The number of carbonyl (C=O) groups excluding carboxylic acids is 1. The Labute approximate surface area is 165 Å². The van der Waals surface area contributed by atoms with Crippen LogP contribution >= 0.6 is 15.9 Å². The van der Waals surface area contributed by atoms with Crippen LogP contribution in [0.4, 0.5) is 0 Å². The summed E-state index contributed by atoms with van der Waals surface area (Å²) in [5, 5.41) is 18.3. The van der Waals surface area contributed by atoms with Gasteiger partial charge in [-0.05, 0) is 43.2 Å². The number of benzene rings is 2. The normalized spacial score (nSPS) is 13.6. The van der Waals surface area contributed by atoms with E-state index < -0.39 is 0 Å². The number of H-pyrrole nitrogens is 1. The number of phenolic OH excluding ortho intramolecular Hbond substituents is 1.